The Balaban J connectivity index is 1.90. The van der Waals surface area contributed by atoms with Gasteiger partial charge in [0, 0.05) is 31.4 Å². The molecular formula is C12H17N7. The molecule has 3 rings (SSSR count). The highest BCUT2D eigenvalue weighted by molar-refractivity contribution is 5.61. The third kappa shape index (κ3) is 2.37. The summed E-state index contributed by atoms with van der Waals surface area (Å²) in [5, 5.41) is 10.1. The number of rotatable bonds is 3. The lowest BCUT2D eigenvalue weighted by atomic mass is 10.3. The van der Waals surface area contributed by atoms with Crippen LogP contribution in [-0.2, 0) is 0 Å². The summed E-state index contributed by atoms with van der Waals surface area (Å²) in [5.74, 6) is 1.16. The number of hydrogen-bond acceptors (Lipinski definition) is 6. The van der Waals surface area contributed by atoms with E-state index >= 15 is 0 Å². The molecule has 7 heteroatoms. The minimum atomic E-state index is 0.287. The zero-order valence-electron chi connectivity index (χ0n) is 10.8. The third-order valence-electron chi connectivity index (χ3n) is 3.43. The van der Waals surface area contributed by atoms with Gasteiger partial charge in [-0.2, -0.15) is 10.1 Å². The molecule has 2 aromatic heterocycles. The van der Waals surface area contributed by atoms with Crippen LogP contribution in [0.2, 0.25) is 0 Å². The van der Waals surface area contributed by atoms with Crippen LogP contribution < -0.4 is 16.0 Å². The molecule has 1 atom stereocenters. The molecule has 4 N–H and O–H groups in total. The molecule has 3 heterocycles. The number of likely N-dealkylation sites (N-methyl/N-ethyl adjacent to an activating group) is 1. The second kappa shape index (κ2) is 4.85. The first-order valence-corrected chi connectivity index (χ1v) is 6.33. The lowest BCUT2D eigenvalue weighted by Crippen LogP contribution is -2.30. The molecule has 0 saturated carbocycles. The number of nitrogens with one attached hydrogen (secondary N) is 2. The first-order chi connectivity index (χ1) is 9.26. The Morgan fingerprint density at radius 1 is 1.47 bits per heavy atom. The van der Waals surface area contributed by atoms with E-state index in [-0.39, 0.29) is 5.95 Å². The summed E-state index contributed by atoms with van der Waals surface area (Å²) >= 11 is 0. The molecule has 0 amide bonds. The van der Waals surface area contributed by atoms with Crippen LogP contribution in [0.1, 0.15) is 6.42 Å². The van der Waals surface area contributed by atoms with Gasteiger partial charge in [0.1, 0.15) is 5.82 Å². The van der Waals surface area contributed by atoms with Crippen LogP contribution in [0.4, 0.5) is 11.8 Å². The van der Waals surface area contributed by atoms with Crippen molar-refractivity contribution in [3.05, 3.63) is 18.3 Å². The Labute approximate surface area is 111 Å². The zero-order valence-corrected chi connectivity index (χ0v) is 10.8. The molecule has 19 heavy (non-hydrogen) atoms. The Bertz CT molecular complexity index is 551. The van der Waals surface area contributed by atoms with Crippen LogP contribution in [-0.4, -0.2) is 46.3 Å². The fourth-order valence-corrected chi connectivity index (χ4v) is 2.36. The average Bonchev–Trinajstić information content (AvgIpc) is 3.09. The molecule has 1 saturated heterocycles. The second-order valence-corrected chi connectivity index (χ2v) is 4.66. The van der Waals surface area contributed by atoms with Crippen LogP contribution in [0.25, 0.3) is 11.4 Å². The molecular weight excluding hydrogens is 242 g/mol. The van der Waals surface area contributed by atoms with Gasteiger partial charge in [-0.1, -0.05) is 0 Å². The lowest BCUT2D eigenvalue weighted by molar-refractivity contribution is 0.616. The maximum Gasteiger partial charge on any atom is 0.222 e. The number of nitrogens with zero attached hydrogens (tertiary/aromatic N) is 4. The van der Waals surface area contributed by atoms with E-state index in [9.17, 15) is 0 Å². The zero-order chi connectivity index (χ0) is 13.2. The van der Waals surface area contributed by atoms with Crippen molar-refractivity contribution in [3.63, 3.8) is 0 Å². The van der Waals surface area contributed by atoms with Crippen molar-refractivity contribution in [3.8, 4) is 11.4 Å². The van der Waals surface area contributed by atoms with Crippen molar-refractivity contribution in [2.75, 3.05) is 30.8 Å². The second-order valence-electron chi connectivity index (χ2n) is 4.66. The van der Waals surface area contributed by atoms with E-state index in [4.69, 9.17) is 5.73 Å². The molecule has 7 nitrogen and oxygen atoms in total. The van der Waals surface area contributed by atoms with Crippen LogP contribution >= 0.6 is 0 Å². The number of anilines is 2. The fraction of sp³-hybridized carbons (Fsp3) is 0.417. The summed E-state index contributed by atoms with van der Waals surface area (Å²) in [7, 11) is 1.98. The largest absolute Gasteiger partial charge is 0.368 e. The highest BCUT2D eigenvalue weighted by Crippen LogP contribution is 2.23. The summed E-state index contributed by atoms with van der Waals surface area (Å²) in [6.45, 7) is 1.92. The Morgan fingerprint density at radius 3 is 3.05 bits per heavy atom. The Kier molecular flexibility index (Phi) is 3.04. The van der Waals surface area contributed by atoms with Crippen molar-refractivity contribution < 1.29 is 0 Å². The van der Waals surface area contributed by atoms with Crippen LogP contribution in [0, 0.1) is 0 Å². The van der Waals surface area contributed by atoms with E-state index in [1.54, 1.807) is 6.20 Å². The van der Waals surface area contributed by atoms with Gasteiger partial charge in [0.2, 0.25) is 5.95 Å². The van der Waals surface area contributed by atoms with E-state index in [1.165, 1.54) is 0 Å². The van der Waals surface area contributed by atoms with Crippen LogP contribution in [0.5, 0.6) is 0 Å². The molecule has 2 aromatic rings. The van der Waals surface area contributed by atoms with E-state index in [2.05, 4.69) is 30.4 Å². The fourth-order valence-electron chi connectivity index (χ4n) is 2.36. The molecule has 0 unspecified atom stereocenters. The normalized spacial score (nSPS) is 19.0. The number of aromatic nitrogens is 4. The van der Waals surface area contributed by atoms with Gasteiger partial charge in [-0.15, -0.1) is 0 Å². The van der Waals surface area contributed by atoms with Crippen LogP contribution in [0.15, 0.2) is 18.3 Å². The molecule has 0 aromatic carbocycles. The molecule has 0 radical (unpaired) electrons. The van der Waals surface area contributed by atoms with Gasteiger partial charge in [-0.05, 0) is 19.5 Å². The van der Waals surface area contributed by atoms with Crippen molar-refractivity contribution in [2.24, 2.45) is 0 Å². The van der Waals surface area contributed by atoms with Crippen LogP contribution in [0.3, 0.4) is 0 Å². The minimum Gasteiger partial charge on any atom is -0.368 e. The SMILES string of the molecule is CN[C@@H]1CCN(c2cc(-c3ccn[nH]3)nc(N)n2)C1. The molecule has 1 fully saturated rings. The Hall–Kier alpha value is -2.15. The van der Waals surface area contributed by atoms with Gasteiger partial charge in [0.05, 0.1) is 11.4 Å². The number of aromatic amines is 1. The highest BCUT2D eigenvalue weighted by atomic mass is 15.2. The number of hydrogen-bond donors (Lipinski definition) is 3. The first-order valence-electron chi connectivity index (χ1n) is 6.33. The smallest absolute Gasteiger partial charge is 0.222 e. The molecule has 0 spiro atoms. The van der Waals surface area contributed by atoms with E-state index in [1.807, 2.05) is 19.2 Å². The van der Waals surface area contributed by atoms with E-state index in [0.717, 1.165) is 36.7 Å². The lowest BCUT2D eigenvalue weighted by Gasteiger charge is -2.18. The van der Waals surface area contributed by atoms with Gasteiger partial charge < -0.3 is 16.0 Å². The molecule has 1 aliphatic heterocycles. The predicted octanol–water partition coefficient (Wildman–Crippen LogP) is 0.247. The van der Waals surface area contributed by atoms with Crippen molar-refractivity contribution in [1.82, 2.24) is 25.5 Å². The molecule has 0 aliphatic carbocycles. The summed E-state index contributed by atoms with van der Waals surface area (Å²) in [5.41, 5.74) is 7.42. The Morgan fingerprint density at radius 2 is 2.37 bits per heavy atom. The van der Waals surface area contributed by atoms with E-state index < -0.39 is 0 Å². The van der Waals surface area contributed by atoms with Gasteiger partial charge in [-0.3, -0.25) is 5.10 Å². The summed E-state index contributed by atoms with van der Waals surface area (Å²) in [6, 6.07) is 4.32. The molecule has 0 bridgehead atoms. The monoisotopic (exact) mass is 259 g/mol. The van der Waals surface area contributed by atoms with Gasteiger partial charge in [0.25, 0.3) is 0 Å². The predicted molar refractivity (Wildman–Crippen MR) is 73.7 cm³/mol. The van der Waals surface area contributed by atoms with Crippen molar-refractivity contribution in [1.29, 1.82) is 0 Å². The minimum absolute atomic E-state index is 0.287. The summed E-state index contributed by atoms with van der Waals surface area (Å²) in [6.07, 6.45) is 2.81. The number of nitrogen functional groups attached to an aromatic ring is 1. The first kappa shape index (κ1) is 11.9. The van der Waals surface area contributed by atoms with E-state index in [0.29, 0.717) is 6.04 Å². The average molecular weight is 259 g/mol. The van der Waals surface area contributed by atoms with Crippen molar-refractivity contribution in [2.45, 2.75) is 12.5 Å². The number of H-pyrrole nitrogens is 1. The standard InChI is InChI=1S/C12H17N7/c1-14-8-3-5-19(7-8)11-6-10(16-12(13)17-11)9-2-4-15-18-9/h2,4,6,8,14H,3,5,7H2,1H3,(H,15,18)(H2,13,16,17)/t8-/m1/s1. The van der Waals surface area contributed by atoms with Crippen molar-refractivity contribution >= 4 is 11.8 Å². The topological polar surface area (TPSA) is 95.8 Å². The maximum atomic E-state index is 5.80. The quantitative estimate of drug-likeness (QED) is 0.731. The van der Waals surface area contributed by atoms with Gasteiger partial charge >= 0.3 is 0 Å². The molecule has 1 aliphatic rings. The number of nitrogens with two attached hydrogens (primary N) is 1. The highest BCUT2D eigenvalue weighted by Gasteiger charge is 2.23. The van der Waals surface area contributed by atoms with Gasteiger partial charge in [-0.25, -0.2) is 4.98 Å². The summed E-state index contributed by atoms with van der Waals surface area (Å²) < 4.78 is 0. The third-order valence-corrected chi connectivity index (χ3v) is 3.43. The molecule has 100 valence electrons. The maximum absolute atomic E-state index is 5.80. The summed E-state index contributed by atoms with van der Waals surface area (Å²) in [4.78, 5) is 10.8. The van der Waals surface area contributed by atoms with Gasteiger partial charge in [0.15, 0.2) is 0 Å².